The standard InChI is InChI=1S/C24H18ClN3O6/c1-34-17-6-4-5-15(13-17)26(24(31)20-10-9-16(28(32)33)14-21(20)25)11-12-27-22(29)18-7-2-3-8-19(18)23(27)30/h2-10,13-14H,11-12H2,1H3. The molecule has 0 aromatic heterocycles. The lowest BCUT2D eigenvalue weighted by Gasteiger charge is -2.26. The Morgan fingerprint density at radius 3 is 2.29 bits per heavy atom. The summed E-state index contributed by atoms with van der Waals surface area (Å²) < 4.78 is 5.25. The molecule has 1 aliphatic rings. The van der Waals surface area contributed by atoms with E-state index in [0.717, 1.165) is 11.0 Å². The van der Waals surface area contributed by atoms with Crippen LogP contribution in [0.5, 0.6) is 5.75 Å². The summed E-state index contributed by atoms with van der Waals surface area (Å²) in [4.78, 5) is 51.8. The highest BCUT2D eigenvalue weighted by atomic mass is 35.5. The topological polar surface area (TPSA) is 110 Å². The molecular formula is C24H18ClN3O6. The van der Waals surface area contributed by atoms with Crippen LogP contribution in [0.3, 0.4) is 0 Å². The summed E-state index contributed by atoms with van der Waals surface area (Å²) >= 11 is 6.20. The summed E-state index contributed by atoms with van der Waals surface area (Å²) in [6, 6.07) is 16.8. The van der Waals surface area contributed by atoms with Crippen LogP contribution >= 0.6 is 11.6 Å². The van der Waals surface area contributed by atoms with Gasteiger partial charge in [-0.1, -0.05) is 29.8 Å². The summed E-state index contributed by atoms with van der Waals surface area (Å²) in [5.41, 5.74) is 0.851. The number of halogens is 1. The van der Waals surface area contributed by atoms with Gasteiger partial charge in [0.1, 0.15) is 5.75 Å². The van der Waals surface area contributed by atoms with E-state index in [1.165, 1.54) is 24.1 Å². The van der Waals surface area contributed by atoms with E-state index in [4.69, 9.17) is 16.3 Å². The number of fused-ring (bicyclic) bond motifs is 1. The van der Waals surface area contributed by atoms with E-state index in [-0.39, 0.29) is 29.4 Å². The Bertz CT molecular complexity index is 1290. The lowest BCUT2D eigenvalue weighted by molar-refractivity contribution is -0.384. The number of methoxy groups -OCH3 is 1. The van der Waals surface area contributed by atoms with Crippen LogP contribution < -0.4 is 9.64 Å². The zero-order valence-electron chi connectivity index (χ0n) is 17.9. The summed E-state index contributed by atoms with van der Waals surface area (Å²) in [7, 11) is 1.48. The van der Waals surface area contributed by atoms with Crippen LogP contribution in [0.25, 0.3) is 0 Å². The number of rotatable bonds is 7. The predicted molar refractivity (Wildman–Crippen MR) is 125 cm³/mol. The molecule has 0 N–H and O–H groups in total. The third-order valence-corrected chi connectivity index (χ3v) is 5.74. The van der Waals surface area contributed by atoms with E-state index < -0.39 is 22.6 Å². The number of amides is 3. The SMILES string of the molecule is COc1cccc(N(CCN2C(=O)c3ccccc3C2=O)C(=O)c2ccc([N+](=O)[O-])cc2Cl)c1. The first-order valence-corrected chi connectivity index (χ1v) is 10.5. The van der Waals surface area contributed by atoms with E-state index in [2.05, 4.69) is 0 Å². The van der Waals surface area contributed by atoms with Crippen molar-refractivity contribution in [3.05, 3.63) is 98.6 Å². The second kappa shape index (κ2) is 9.32. The van der Waals surface area contributed by atoms with Gasteiger partial charge in [-0.15, -0.1) is 0 Å². The number of anilines is 1. The number of carbonyl (C=O) groups is 3. The summed E-state index contributed by atoms with van der Waals surface area (Å²) in [5, 5.41) is 10.9. The molecule has 3 aromatic rings. The number of non-ortho nitro benzene ring substituents is 1. The van der Waals surface area contributed by atoms with Crippen molar-refractivity contribution in [1.29, 1.82) is 0 Å². The van der Waals surface area contributed by atoms with Gasteiger partial charge in [-0.25, -0.2) is 0 Å². The Labute approximate surface area is 199 Å². The summed E-state index contributed by atoms with van der Waals surface area (Å²) in [6.07, 6.45) is 0. The van der Waals surface area contributed by atoms with Crippen molar-refractivity contribution in [3.63, 3.8) is 0 Å². The van der Waals surface area contributed by atoms with Crippen molar-refractivity contribution in [1.82, 2.24) is 4.90 Å². The Kier molecular flexibility index (Phi) is 6.29. The number of imide groups is 1. The molecule has 0 saturated carbocycles. The molecule has 3 amide bonds. The fraction of sp³-hybridized carbons (Fsp3) is 0.125. The van der Waals surface area contributed by atoms with Gasteiger partial charge in [0.15, 0.2) is 0 Å². The minimum atomic E-state index is -0.609. The van der Waals surface area contributed by atoms with E-state index in [9.17, 15) is 24.5 Å². The van der Waals surface area contributed by atoms with Gasteiger partial charge in [0.05, 0.1) is 33.7 Å². The van der Waals surface area contributed by atoms with Crippen LogP contribution in [0.15, 0.2) is 66.7 Å². The minimum Gasteiger partial charge on any atom is -0.497 e. The molecule has 0 atom stereocenters. The molecule has 10 heteroatoms. The Morgan fingerprint density at radius 2 is 1.71 bits per heavy atom. The molecule has 0 spiro atoms. The van der Waals surface area contributed by atoms with Crippen molar-refractivity contribution in [2.75, 3.05) is 25.1 Å². The monoisotopic (exact) mass is 479 g/mol. The first-order chi connectivity index (χ1) is 16.3. The number of hydrogen-bond donors (Lipinski definition) is 0. The molecule has 4 rings (SSSR count). The normalized spacial score (nSPS) is 12.5. The number of hydrogen-bond acceptors (Lipinski definition) is 6. The molecule has 0 unspecified atom stereocenters. The molecule has 3 aromatic carbocycles. The number of nitro groups is 1. The Hall–Kier alpha value is -4.24. The maximum Gasteiger partial charge on any atom is 0.270 e. The second-order valence-electron chi connectivity index (χ2n) is 7.39. The number of nitrogens with zero attached hydrogens (tertiary/aromatic N) is 3. The zero-order valence-corrected chi connectivity index (χ0v) is 18.7. The molecule has 172 valence electrons. The first-order valence-electron chi connectivity index (χ1n) is 10.2. The van der Waals surface area contributed by atoms with E-state index in [1.54, 1.807) is 48.5 Å². The highest BCUT2D eigenvalue weighted by Crippen LogP contribution is 2.28. The van der Waals surface area contributed by atoms with Gasteiger partial charge in [-0.05, 0) is 30.3 Å². The van der Waals surface area contributed by atoms with Crippen LogP contribution in [0.1, 0.15) is 31.1 Å². The quantitative estimate of drug-likeness (QED) is 0.285. The molecular weight excluding hydrogens is 462 g/mol. The third-order valence-electron chi connectivity index (χ3n) is 5.43. The van der Waals surface area contributed by atoms with Gasteiger partial charge in [0.2, 0.25) is 0 Å². The Balaban J connectivity index is 1.66. The van der Waals surface area contributed by atoms with E-state index in [0.29, 0.717) is 22.6 Å². The van der Waals surface area contributed by atoms with Gasteiger partial charge in [0.25, 0.3) is 23.4 Å². The van der Waals surface area contributed by atoms with E-state index in [1.807, 2.05) is 0 Å². The van der Waals surface area contributed by atoms with Crippen LogP contribution in [0, 0.1) is 10.1 Å². The van der Waals surface area contributed by atoms with Gasteiger partial charge in [-0.2, -0.15) is 0 Å². The van der Waals surface area contributed by atoms with Gasteiger partial charge in [-0.3, -0.25) is 29.4 Å². The predicted octanol–water partition coefficient (Wildman–Crippen LogP) is 4.20. The molecule has 0 fully saturated rings. The molecule has 0 saturated heterocycles. The van der Waals surface area contributed by atoms with Gasteiger partial charge >= 0.3 is 0 Å². The molecule has 34 heavy (non-hydrogen) atoms. The molecule has 1 heterocycles. The summed E-state index contributed by atoms with van der Waals surface area (Å²) in [6.45, 7) is -0.106. The van der Waals surface area contributed by atoms with Crippen molar-refractivity contribution in [3.8, 4) is 5.75 Å². The number of benzene rings is 3. The highest BCUT2D eigenvalue weighted by molar-refractivity contribution is 6.34. The van der Waals surface area contributed by atoms with Crippen molar-refractivity contribution in [2.24, 2.45) is 0 Å². The fourth-order valence-electron chi connectivity index (χ4n) is 3.70. The number of nitro benzene ring substituents is 1. The zero-order chi connectivity index (χ0) is 24.4. The van der Waals surface area contributed by atoms with E-state index >= 15 is 0 Å². The van der Waals surface area contributed by atoms with Crippen molar-refractivity contribution < 1.29 is 24.0 Å². The van der Waals surface area contributed by atoms with Crippen LogP contribution in [-0.2, 0) is 0 Å². The van der Waals surface area contributed by atoms with Crippen molar-refractivity contribution >= 4 is 40.7 Å². The molecule has 9 nitrogen and oxygen atoms in total. The van der Waals surface area contributed by atoms with Crippen LogP contribution in [0.4, 0.5) is 11.4 Å². The number of carbonyl (C=O) groups excluding carboxylic acids is 3. The number of ether oxygens (including phenoxy) is 1. The Morgan fingerprint density at radius 1 is 1.03 bits per heavy atom. The second-order valence-corrected chi connectivity index (χ2v) is 7.79. The lowest BCUT2D eigenvalue weighted by atomic mass is 10.1. The van der Waals surface area contributed by atoms with Gasteiger partial charge in [0, 0.05) is 37.0 Å². The van der Waals surface area contributed by atoms with Crippen LogP contribution in [0.2, 0.25) is 5.02 Å². The van der Waals surface area contributed by atoms with Crippen LogP contribution in [-0.4, -0.2) is 47.7 Å². The maximum atomic E-state index is 13.5. The smallest absolute Gasteiger partial charge is 0.270 e. The summed E-state index contributed by atoms with van der Waals surface area (Å²) in [5.74, 6) is -0.936. The highest BCUT2D eigenvalue weighted by Gasteiger charge is 2.35. The third kappa shape index (κ3) is 4.20. The molecule has 0 aliphatic carbocycles. The molecule has 1 aliphatic heterocycles. The van der Waals surface area contributed by atoms with Crippen molar-refractivity contribution in [2.45, 2.75) is 0 Å². The minimum absolute atomic E-state index is 0.0369. The average Bonchev–Trinajstić information content (AvgIpc) is 3.09. The maximum absolute atomic E-state index is 13.5. The first kappa shape index (κ1) is 22.9. The largest absolute Gasteiger partial charge is 0.497 e. The fourth-order valence-corrected chi connectivity index (χ4v) is 3.96. The van der Waals surface area contributed by atoms with Gasteiger partial charge < -0.3 is 9.64 Å². The molecule has 0 bridgehead atoms. The average molecular weight is 480 g/mol. The lowest BCUT2D eigenvalue weighted by Crippen LogP contribution is -2.41. The molecule has 0 radical (unpaired) electrons.